The largest absolute Gasteiger partial charge is 0.393 e. The van der Waals surface area contributed by atoms with Gasteiger partial charge in [0.25, 0.3) is 0 Å². The van der Waals surface area contributed by atoms with Crippen LogP contribution < -0.4 is 11.5 Å². The fraction of sp³-hybridized carbons (Fsp3) is 0.385. The van der Waals surface area contributed by atoms with Crippen molar-refractivity contribution in [2.45, 2.75) is 12.7 Å². The van der Waals surface area contributed by atoms with Crippen LogP contribution in [0.15, 0.2) is 34.3 Å². The van der Waals surface area contributed by atoms with Crippen molar-refractivity contribution in [1.82, 2.24) is 0 Å². The number of hydrogen-bond acceptors (Lipinski definition) is 3. The lowest BCUT2D eigenvalue weighted by atomic mass is 10.2. The van der Waals surface area contributed by atoms with Crippen LogP contribution in [0.4, 0.5) is 0 Å². The Kier molecular flexibility index (Phi) is 4.83. The minimum absolute atomic E-state index is 0.772. The van der Waals surface area contributed by atoms with Gasteiger partial charge in [-0.05, 0) is 31.3 Å². The second-order valence-electron chi connectivity index (χ2n) is 4.84. The number of rotatable bonds is 4. The van der Waals surface area contributed by atoms with E-state index in [0.29, 0.717) is 0 Å². The second kappa shape index (κ2) is 5.74. The third-order valence-electron chi connectivity index (χ3n) is 2.38. The van der Waals surface area contributed by atoms with Crippen LogP contribution in [-0.4, -0.2) is 18.8 Å². The summed E-state index contributed by atoms with van der Waals surface area (Å²) in [5, 5.41) is 1.63. The fourth-order valence-corrected chi connectivity index (χ4v) is 3.51. The van der Waals surface area contributed by atoms with Gasteiger partial charge in [0.05, 0.1) is 10.1 Å². The summed E-state index contributed by atoms with van der Waals surface area (Å²) >= 11 is 1.63. The molecule has 4 N–H and O–H groups in total. The van der Waals surface area contributed by atoms with E-state index in [-0.39, 0.29) is 0 Å². The molecule has 0 bridgehead atoms. The quantitative estimate of drug-likeness (QED) is 0.884. The van der Waals surface area contributed by atoms with Crippen molar-refractivity contribution in [2.24, 2.45) is 11.5 Å². The van der Waals surface area contributed by atoms with Crippen LogP contribution in [0.5, 0.6) is 0 Å². The normalized spacial score (nSPS) is 14.4. The van der Waals surface area contributed by atoms with Gasteiger partial charge in [0.15, 0.2) is 0 Å². The molecule has 96 valence electrons. The van der Waals surface area contributed by atoms with Gasteiger partial charge in [0.1, 0.15) is 0 Å². The highest BCUT2D eigenvalue weighted by molar-refractivity contribution is 8.35. The zero-order valence-corrected chi connectivity index (χ0v) is 12.6. The first-order valence-corrected chi connectivity index (χ1v) is 9.27. The van der Waals surface area contributed by atoms with Crippen molar-refractivity contribution < 1.29 is 0 Å². The third kappa shape index (κ3) is 4.56. The first-order valence-electron chi connectivity index (χ1n) is 5.42. The Labute approximate surface area is 110 Å². The molecule has 0 radical (unpaired) electrons. The fourth-order valence-electron chi connectivity index (χ4n) is 1.34. The Balaban J connectivity index is 2.69. The molecule has 1 aromatic carbocycles. The molecule has 0 aliphatic heterocycles. The van der Waals surface area contributed by atoms with Gasteiger partial charge >= 0.3 is 0 Å². The van der Waals surface area contributed by atoms with Crippen LogP contribution in [0.25, 0.3) is 0 Å². The first kappa shape index (κ1) is 14.3. The summed E-state index contributed by atoms with van der Waals surface area (Å²) in [6.07, 6.45) is 6.47. The molecule has 4 heteroatoms. The summed E-state index contributed by atoms with van der Waals surface area (Å²) in [5.74, 6) is 0.879. The molecular weight excluding hydrogens is 248 g/mol. The minimum Gasteiger partial charge on any atom is -0.393 e. The van der Waals surface area contributed by atoms with E-state index in [1.165, 1.54) is 11.1 Å². The molecule has 0 saturated carbocycles. The molecule has 1 aromatic rings. The van der Waals surface area contributed by atoms with Gasteiger partial charge < -0.3 is 11.5 Å². The standard InChI is InChI=1S/C13H22N2S2/c1-10-6-5-7-11(8-10)9-16-12(14)13(15)17(2,3)4/h5-8H,9,14-15H2,1-4H3/b13-12-. The van der Waals surface area contributed by atoms with Crippen molar-refractivity contribution >= 4 is 21.8 Å². The maximum atomic E-state index is 6.06. The Morgan fingerprint density at radius 3 is 2.41 bits per heavy atom. The second-order valence-corrected chi connectivity index (χ2v) is 9.97. The molecule has 0 aliphatic rings. The van der Waals surface area contributed by atoms with Crippen LogP contribution >= 0.6 is 21.8 Å². The van der Waals surface area contributed by atoms with Crippen LogP contribution in [0.2, 0.25) is 0 Å². The van der Waals surface area contributed by atoms with Crippen LogP contribution in [-0.2, 0) is 5.75 Å². The van der Waals surface area contributed by atoms with E-state index in [1.54, 1.807) is 11.8 Å². The van der Waals surface area contributed by atoms with Gasteiger partial charge in [-0.15, -0.1) is 11.8 Å². The minimum atomic E-state index is -0.903. The van der Waals surface area contributed by atoms with E-state index in [1.807, 2.05) is 0 Å². The van der Waals surface area contributed by atoms with Gasteiger partial charge in [-0.3, -0.25) is 0 Å². The van der Waals surface area contributed by atoms with Crippen LogP contribution in [0, 0.1) is 6.92 Å². The molecule has 0 aromatic heterocycles. The lowest BCUT2D eigenvalue weighted by Gasteiger charge is -2.27. The van der Waals surface area contributed by atoms with E-state index in [2.05, 4.69) is 50.0 Å². The summed E-state index contributed by atoms with van der Waals surface area (Å²) in [6.45, 7) is 2.10. The van der Waals surface area contributed by atoms with Gasteiger partial charge in [-0.2, -0.15) is 0 Å². The molecule has 0 heterocycles. The zero-order valence-electron chi connectivity index (χ0n) is 11.0. The Hall–Kier alpha value is -0.740. The predicted molar refractivity (Wildman–Crippen MR) is 83.2 cm³/mol. The molecule has 2 nitrogen and oxygen atoms in total. The topological polar surface area (TPSA) is 52.0 Å². The number of thioether (sulfide) groups is 1. The molecule has 0 spiro atoms. The molecule has 0 saturated heterocycles. The van der Waals surface area contributed by atoms with Crippen molar-refractivity contribution in [1.29, 1.82) is 0 Å². The molecule has 0 unspecified atom stereocenters. The maximum absolute atomic E-state index is 6.06. The predicted octanol–water partition coefficient (Wildman–Crippen LogP) is 2.97. The smallest absolute Gasteiger partial charge is 0.0944 e. The molecule has 0 fully saturated rings. The van der Waals surface area contributed by atoms with Gasteiger partial charge in [-0.25, -0.2) is 10.0 Å². The SMILES string of the molecule is Cc1cccc(CS/C(N)=C(/N)S(C)(C)C)c1. The lowest BCUT2D eigenvalue weighted by molar-refractivity contribution is 1.34. The molecule has 0 aliphatic carbocycles. The number of hydrogen-bond donors (Lipinski definition) is 2. The third-order valence-corrected chi connectivity index (χ3v) is 5.06. The van der Waals surface area contributed by atoms with E-state index in [9.17, 15) is 0 Å². The maximum Gasteiger partial charge on any atom is 0.0944 e. The molecule has 1 rings (SSSR count). The highest BCUT2D eigenvalue weighted by atomic mass is 32.3. The number of nitrogens with two attached hydrogens (primary N) is 2. The van der Waals surface area contributed by atoms with Crippen molar-refractivity contribution in [3.63, 3.8) is 0 Å². The van der Waals surface area contributed by atoms with Gasteiger partial charge in [0.2, 0.25) is 0 Å². The van der Waals surface area contributed by atoms with Gasteiger partial charge in [0, 0.05) is 5.75 Å². The van der Waals surface area contributed by atoms with E-state index >= 15 is 0 Å². The van der Waals surface area contributed by atoms with Gasteiger partial charge in [-0.1, -0.05) is 29.8 Å². The Bertz CT molecular complexity index is 420. The molecule has 0 atom stereocenters. The summed E-state index contributed by atoms with van der Waals surface area (Å²) in [5.41, 5.74) is 14.7. The average Bonchev–Trinajstić information content (AvgIpc) is 2.23. The van der Waals surface area contributed by atoms with E-state index in [4.69, 9.17) is 11.5 Å². The summed E-state index contributed by atoms with van der Waals surface area (Å²) in [7, 11) is -0.903. The van der Waals surface area contributed by atoms with E-state index in [0.717, 1.165) is 15.8 Å². The molecule has 17 heavy (non-hydrogen) atoms. The lowest BCUT2D eigenvalue weighted by Crippen LogP contribution is -2.13. The van der Waals surface area contributed by atoms with E-state index < -0.39 is 10.0 Å². The van der Waals surface area contributed by atoms with Crippen molar-refractivity contribution in [3.8, 4) is 0 Å². The molecular formula is C13H22N2S2. The Morgan fingerprint density at radius 2 is 1.88 bits per heavy atom. The Morgan fingerprint density at radius 1 is 1.24 bits per heavy atom. The van der Waals surface area contributed by atoms with Crippen molar-refractivity contribution in [3.05, 3.63) is 45.5 Å². The summed E-state index contributed by atoms with van der Waals surface area (Å²) in [4.78, 5) is 0. The highest BCUT2D eigenvalue weighted by Gasteiger charge is 2.12. The highest BCUT2D eigenvalue weighted by Crippen LogP contribution is 2.43. The molecule has 0 amide bonds. The van der Waals surface area contributed by atoms with Crippen LogP contribution in [0.3, 0.4) is 0 Å². The average molecular weight is 270 g/mol. The number of benzene rings is 1. The summed E-state index contributed by atoms with van der Waals surface area (Å²) in [6, 6.07) is 8.47. The zero-order chi connectivity index (χ0) is 13.1. The summed E-state index contributed by atoms with van der Waals surface area (Å²) < 4.78 is 0. The van der Waals surface area contributed by atoms with Crippen molar-refractivity contribution in [2.75, 3.05) is 18.8 Å². The number of aryl methyl sites for hydroxylation is 1. The first-order chi connectivity index (χ1) is 7.80. The monoisotopic (exact) mass is 270 g/mol. The van der Waals surface area contributed by atoms with Crippen LogP contribution in [0.1, 0.15) is 11.1 Å².